The van der Waals surface area contributed by atoms with Gasteiger partial charge in [-0.1, -0.05) is 178 Å². The van der Waals surface area contributed by atoms with Crippen molar-refractivity contribution in [2.75, 3.05) is 4.90 Å². The Morgan fingerprint density at radius 3 is 1.73 bits per heavy atom. The molecule has 10 rings (SSSR count). The van der Waals surface area contributed by atoms with E-state index < -0.39 is 0 Å². The minimum Gasteiger partial charge on any atom is -0.310 e. The summed E-state index contributed by atoms with van der Waals surface area (Å²) in [5.41, 5.74) is 13.7. The van der Waals surface area contributed by atoms with Crippen LogP contribution in [-0.4, -0.2) is 0 Å². The monoisotopic (exact) mass is 719 g/mol. The summed E-state index contributed by atoms with van der Waals surface area (Å²) in [5.74, 6) is 0. The molecule has 266 valence electrons. The number of anilines is 3. The molecule has 1 heteroatoms. The minimum atomic E-state index is -0.186. The van der Waals surface area contributed by atoms with Crippen molar-refractivity contribution < 1.29 is 5.48 Å². The Balaban J connectivity index is 1.13. The number of hydrogen-bond acceptors (Lipinski definition) is 1. The molecule has 56 heavy (non-hydrogen) atoms. The molecule has 1 aliphatic rings. The maximum Gasteiger partial charge on any atom is 0.0645 e. The van der Waals surface area contributed by atoms with Crippen LogP contribution in [0.15, 0.2) is 212 Å². The fraction of sp³-hybridized carbons (Fsp3) is 0.0545. The molecular formula is C55H41N. The standard InChI is InChI=1S/C55H41N/c1-55(2)53-24-9-8-21-51(53)52-23-12-22-50(54(52)55)41-29-33-48(34-30-41)56(49-20-11-19-45(37-49)46-26-25-39-15-6-7-16-42(39)36-46)47-31-27-40(28-32-47)44-18-10-17-43(35-44)38-13-4-3-5-14-38/h3-37H,1-2H3/i27D,28D,31D,32D. The van der Waals surface area contributed by atoms with E-state index in [4.69, 9.17) is 0 Å². The highest BCUT2D eigenvalue weighted by molar-refractivity contribution is 5.91. The van der Waals surface area contributed by atoms with Gasteiger partial charge in [-0.25, -0.2) is 0 Å². The molecule has 1 aliphatic carbocycles. The first-order valence-electron chi connectivity index (χ1n) is 21.2. The van der Waals surface area contributed by atoms with E-state index in [0.717, 1.165) is 55.5 Å². The molecule has 0 radical (unpaired) electrons. The Hall–Kier alpha value is -6.96. The smallest absolute Gasteiger partial charge is 0.0645 e. The average Bonchev–Trinajstić information content (AvgIpc) is 3.53. The predicted octanol–water partition coefficient (Wildman–Crippen LogP) is 15.3. The van der Waals surface area contributed by atoms with Gasteiger partial charge in [-0.05, 0) is 126 Å². The lowest BCUT2D eigenvalue weighted by Gasteiger charge is -2.27. The second-order valence-corrected chi connectivity index (χ2v) is 15.1. The fourth-order valence-corrected chi connectivity index (χ4v) is 8.53. The Bertz CT molecular complexity index is 3090. The summed E-state index contributed by atoms with van der Waals surface area (Å²) in [4.78, 5) is 1.88. The van der Waals surface area contributed by atoms with Crippen molar-refractivity contribution >= 4 is 27.8 Å². The first kappa shape index (κ1) is 29.4. The van der Waals surface area contributed by atoms with Gasteiger partial charge < -0.3 is 4.90 Å². The van der Waals surface area contributed by atoms with Gasteiger partial charge in [0.2, 0.25) is 0 Å². The van der Waals surface area contributed by atoms with Crippen LogP contribution in [0.1, 0.15) is 30.5 Å². The molecule has 0 saturated carbocycles. The average molecular weight is 720 g/mol. The van der Waals surface area contributed by atoms with Crippen molar-refractivity contribution in [1.82, 2.24) is 0 Å². The summed E-state index contributed by atoms with van der Waals surface area (Å²) in [6.07, 6.45) is 0. The summed E-state index contributed by atoms with van der Waals surface area (Å²) in [5, 5.41) is 2.30. The Morgan fingerprint density at radius 1 is 0.357 bits per heavy atom. The van der Waals surface area contributed by atoms with Gasteiger partial charge in [0.05, 0.1) is 5.48 Å². The molecule has 0 heterocycles. The van der Waals surface area contributed by atoms with E-state index in [1.54, 1.807) is 0 Å². The zero-order valence-electron chi connectivity index (χ0n) is 35.3. The number of benzene rings is 9. The van der Waals surface area contributed by atoms with E-state index in [-0.39, 0.29) is 40.8 Å². The second-order valence-electron chi connectivity index (χ2n) is 15.1. The number of hydrogen-bond donors (Lipinski definition) is 0. The second kappa shape index (κ2) is 13.7. The van der Waals surface area contributed by atoms with E-state index >= 15 is 0 Å². The minimum absolute atomic E-state index is 0.0924. The largest absolute Gasteiger partial charge is 0.310 e. The molecular weight excluding hydrogens is 675 g/mol. The topological polar surface area (TPSA) is 3.24 Å². The van der Waals surface area contributed by atoms with E-state index in [0.29, 0.717) is 5.56 Å². The fourth-order valence-electron chi connectivity index (χ4n) is 8.53. The lowest BCUT2D eigenvalue weighted by molar-refractivity contribution is 0.662. The van der Waals surface area contributed by atoms with E-state index in [1.807, 2.05) is 95.9 Å². The van der Waals surface area contributed by atoms with Crippen LogP contribution >= 0.6 is 0 Å². The highest BCUT2D eigenvalue weighted by atomic mass is 15.1. The lowest BCUT2D eigenvalue weighted by atomic mass is 9.79. The molecule has 9 aromatic carbocycles. The Kier molecular flexibility index (Phi) is 7.20. The summed E-state index contributed by atoms with van der Waals surface area (Å²) in [7, 11) is 0. The van der Waals surface area contributed by atoms with Gasteiger partial charge in [0, 0.05) is 22.5 Å². The van der Waals surface area contributed by atoms with Crippen LogP contribution in [0.4, 0.5) is 17.1 Å². The van der Waals surface area contributed by atoms with Crippen molar-refractivity contribution in [2.45, 2.75) is 19.3 Å². The van der Waals surface area contributed by atoms with Crippen molar-refractivity contribution in [2.24, 2.45) is 0 Å². The molecule has 0 bridgehead atoms. The molecule has 0 aromatic heterocycles. The Morgan fingerprint density at radius 2 is 0.929 bits per heavy atom. The Labute approximate surface area is 335 Å². The molecule has 0 fully saturated rings. The molecule has 0 spiro atoms. The van der Waals surface area contributed by atoms with Gasteiger partial charge in [0.25, 0.3) is 0 Å². The first-order chi connectivity index (χ1) is 29.2. The molecule has 0 amide bonds. The summed E-state index contributed by atoms with van der Waals surface area (Å²) < 4.78 is 38.1. The van der Waals surface area contributed by atoms with Crippen LogP contribution in [0, 0.1) is 0 Å². The van der Waals surface area contributed by atoms with E-state index in [2.05, 4.69) is 111 Å². The van der Waals surface area contributed by atoms with E-state index in [1.165, 1.54) is 22.3 Å². The van der Waals surface area contributed by atoms with Crippen molar-refractivity contribution in [1.29, 1.82) is 0 Å². The van der Waals surface area contributed by atoms with Gasteiger partial charge in [-0.2, -0.15) is 0 Å². The van der Waals surface area contributed by atoms with Gasteiger partial charge in [0.1, 0.15) is 0 Å². The third-order valence-electron chi connectivity index (χ3n) is 11.3. The summed E-state index contributed by atoms with van der Waals surface area (Å²) >= 11 is 0. The van der Waals surface area contributed by atoms with Crippen LogP contribution in [0.2, 0.25) is 0 Å². The highest BCUT2D eigenvalue weighted by Crippen LogP contribution is 2.52. The van der Waals surface area contributed by atoms with Crippen molar-refractivity contribution in [3.63, 3.8) is 0 Å². The van der Waals surface area contributed by atoms with Crippen LogP contribution in [0.3, 0.4) is 0 Å². The van der Waals surface area contributed by atoms with Crippen molar-refractivity contribution in [3.8, 4) is 55.6 Å². The summed E-state index contributed by atoms with van der Waals surface area (Å²) in [6.45, 7) is 4.59. The molecule has 0 saturated heterocycles. The molecule has 9 aromatic rings. The molecule has 0 atom stereocenters. The van der Waals surface area contributed by atoms with E-state index in [9.17, 15) is 5.48 Å². The highest BCUT2D eigenvalue weighted by Gasteiger charge is 2.37. The third kappa shape index (κ3) is 5.90. The first-order valence-corrected chi connectivity index (χ1v) is 19.2. The van der Waals surface area contributed by atoms with Gasteiger partial charge in [-0.15, -0.1) is 0 Å². The zero-order chi connectivity index (χ0) is 41.1. The molecule has 0 unspecified atom stereocenters. The number of rotatable bonds is 7. The van der Waals surface area contributed by atoms with Crippen LogP contribution in [0.5, 0.6) is 0 Å². The van der Waals surface area contributed by atoms with Crippen LogP contribution in [0.25, 0.3) is 66.4 Å². The normalized spacial score (nSPS) is 13.6. The van der Waals surface area contributed by atoms with Crippen molar-refractivity contribution in [3.05, 3.63) is 223 Å². The molecule has 1 nitrogen and oxygen atoms in total. The van der Waals surface area contributed by atoms with Gasteiger partial charge in [-0.3, -0.25) is 0 Å². The van der Waals surface area contributed by atoms with Gasteiger partial charge in [0.15, 0.2) is 0 Å². The van der Waals surface area contributed by atoms with Gasteiger partial charge >= 0.3 is 0 Å². The number of nitrogens with zero attached hydrogens (tertiary/aromatic N) is 1. The quantitative estimate of drug-likeness (QED) is 0.159. The predicted molar refractivity (Wildman–Crippen MR) is 238 cm³/mol. The zero-order valence-corrected chi connectivity index (χ0v) is 31.3. The maximum absolute atomic E-state index is 9.61. The number of fused-ring (bicyclic) bond motifs is 4. The van der Waals surface area contributed by atoms with Crippen LogP contribution < -0.4 is 4.90 Å². The maximum atomic E-state index is 9.61. The SMILES string of the molecule is [2H]c1c([2H])c(N(c2ccc(-c3cccc4c3C(C)(C)c3ccccc3-4)cc2)c2cccc(-c3ccc4ccccc4c3)c2)c([2H])c([2H])c1-c1cccc(-c2ccccc2)c1. The van der Waals surface area contributed by atoms with Crippen LogP contribution in [-0.2, 0) is 5.41 Å². The molecule has 0 aliphatic heterocycles. The molecule has 0 N–H and O–H groups in total. The third-order valence-corrected chi connectivity index (χ3v) is 11.3. The lowest BCUT2D eigenvalue weighted by Crippen LogP contribution is -2.16. The summed E-state index contributed by atoms with van der Waals surface area (Å²) in [6, 6.07) is 63.6.